The number of alkyl halides is 24. The average molecular weight is 1120 g/mol. The molecule has 0 bridgehead atoms. The molecule has 0 N–H and O–H groups in total. The number of aromatic nitrogens is 1. The molecule has 0 fully saturated rings. The van der Waals surface area contributed by atoms with Gasteiger partial charge in [-0.2, -0.15) is 127 Å². The highest BCUT2D eigenvalue weighted by Gasteiger charge is 2.47. The summed E-state index contributed by atoms with van der Waals surface area (Å²) >= 11 is 0. The Bertz CT molecular complexity index is 2920. The lowest BCUT2D eigenvalue weighted by atomic mass is 9.12. The topological polar surface area (TPSA) is 13.1 Å². The summed E-state index contributed by atoms with van der Waals surface area (Å²) in [5.74, 6) is 0. The minimum atomic E-state index is -6.13. The van der Waals surface area contributed by atoms with E-state index in [1.165, 1.54) is 21.9 Å². The third kappa shape index (κ3) is 12.4. The molecule has 0 radical (unpaired) electrons. The second kappa shape index (κ2) is 19.6. The third-order valence-electron chi connectivity index (χ3n) is 12.1. The number of pyridine rings is 1. The minimum Gasteiger partial charge on any atom is -0.259 e. The molecule has 1 aliphatic carbocycles. The molecular formula is C50H26BF24NO. The maximum Gasteiger partial charge on any atom is 0.416 e. The number of halogens is 24. The predicted octanol–water partition coefficient (Wildman–Crippen LogP) is 14.5. The number of benzene rings is 6. The van der Waals surface area contributed by atoms with Crippen LogP contribution >= 0.6 is 0 Å². The summed E-state index contributed by atoms with van der Waals surface area (Å²) in [4.78, 5) is 6.04. The van der Waals surface area contributed by atoms with Gasteiger partial charge in [-0.25, -0.2) is 0 Å². The van der Waals surface area contributed by atoms with Gasteiger partial charge in [0.25, 0.3) is 0 Å². The number of hydrogen-bond donors (Lipinski definition) is 0. The van der Waals surface area contributed by atoms with Crippen LogP contribution in [0.4, 0.5) is 105 Å². The molecular weight excluding hydrogens is 1100 g/mol. The van der Waals surface area contributed by atoms with Crippen LogP contribution in [-0.2, 0) is 49.4 Å². The molecule has 1 heterocycles. The SMILES string of the molecule is C1=CC(O[n+]2ccc3ccccc3c2)c2ccccc21.FC(F)(F)c1cc([B-](c2cc(C(F)(F)F)cc(C(F)(F)F)c2)(c2cc(C(F)(F)F)cc(C(F)(F)F)c2)c2cc(C(F)(F)F)cc(C(F)(F)F)c2)cc(C(F)(F)F)c1. The summed E-state index contributed by atoms with van der Waals surface area (Å²) in [5.41, 5.74) is -27.8. The zero-order chi connectivity index (χ0) is 57.3. The third-order valence-corrected chi connectivity index (χ3v) is 12.1. The van der Waals surface area contributed by atoms with Crippen LogP contribution < -0.4 is 31.4 Å². The number of hydrogen-bond acceptors (Lipinski definition) is 1. The Morgan fingerprint density at radius 1 is 0.338 bits per heavy atom. The highest BCUT2D eigenvalue weighted by Crippen LogP contribution is 2.42. The molecule has 0 saturated carbocycles. The Morgan fingerprint density at radius 3 is 0.935 bits per heavy atom. The zero-order valence-corrected chi connectivity index (χ0v) is 37.5. The Morgan fingerprint density at radius 2 is 0.623 bits per heavy atom. The fraction of sp³-hybridized carbons (Fsp3) is 0.180. The van der Waals surface area contributed by atoms with Crippen molar-refractivity contribution < 1.29 is 115 Å². The quantitative estimate of drug-likeness (QED) is 0.0919. The van der Waals surface area contributed by atoms with Crippen LogP contribution in [0.3, 0.4) is 0 Å². The van der Waals surface area contributed by atoms with Crippen LogP contribution in [0.25, 0.3) is 16.8 Å². The number of nitrogens with zero attached hydrogens (tertiary/aromatic N) is 1. The van der Waals surface area contributed by atoms with E-state index in [1.54, 1.807) is 4.73 Å². The molecule has 0 spiro atoms. The Kier molecular flexibility index (Phi) is 14.6. The maximum atomic E-state index is 14.2. The van der Waals surface area contributed by atoms with E-state index in [9.17, 15) is 105 Å². The Balaban J connectivity index is 0.000000353. The highest BCUT2D eigenvalue weighted by atomic mass is 19.4. The van der Waals surface area contributed by atoms with Gasteiger partial charge in [0.1, 0.15) is 6.15 Å². The van der Waals surface area contributed by atoms with Gasteiger partial charge >= 0.3 is 49.4 Å². The van der Waals surface area contributed by atoms with E-state index in [0.717, 1.165) is 0 Å². The monoisotopic (exact) mass is 1120 g/mol. The van der Waals surface area contributed by atoms with Gasteiger partial charge in [-0.05, 0) is 47.4 Å². The van der Waals surface area contributed by atoms with Gasteiger partial charge in [-0.1, -0.05) is 97.1 Å². The van der Waals surface area contributed by atoms with Crippen molar-refractivity contribution in [3.05, 3.63) is 201 Å². The molecule has 8 rings (SSSR count). The smallest absolute Gasteiger partial charge is 0.259 e. The summed E-state index contributed by atoms with van der Waals surface area (Å²) in [6.45, 7) is 0. The lowest BCUT2D eigenvalue weighted by Crippen LogP contribution is -2.75. The second-order valence-corrected chi connectivity index (χ2v) is 17.2. The zero-order valence-electron chi connectivity index (χ0n) is 37.5. The standard InChI is InChI=1S/C32H12BF24.C18H14NO/c34-25(35,36)13-1-14(26(37,38)39)6-21(5-13)33(22-7-15(27(40,41)42)2-16(8-22)28(43,44)45,23-9-17(29(46,47)48)3-18(10-23)30(49,50)51)24-11-19(31(52,53)54)4-20(12-24)32(55,56)57;1-2-7-16-13-19(12-11-14(16)5-1)20-18-10-9-15-6-3-4-8-17(15)18/h1-12H;1-13,18H/q-1;+1. The van der Waals surface area contributed by atoms with Crippen molar-refractivity contribution in [3.8, 4) is 0 Å². The van der Waals surface area contributed by atoms with E-state index < -0.39 is 195 Å². The van der Waals surface area contributed by atoms with Crippen molar-refractivity contribution in [1.82, 2.24) is 0 Å². The van der Waals surface area contributed by atoms with E-state index in [4.69, 9.17) is 4.84 Å². The Hall–Kier alpha value is -7.35. The van der Waals surface area contributed by atoms with Gasteiger partial charge in [0.15, 0.2) is 0 Å². The van der Waals surface area contributed by atoms with Crippen LogP contribution in [0.5, 0.6) is 0 Å². The molecule has 408 valence electrons. The molecule has 7 aromatic rings. The summed E-state index contributed by atoms with van der Waals surface area (Å²) in [5, 5.41) is 2.39. The summed E-state index contributed by atoms with van der Waals surface area (Å²) < 4.78 is 343. The lowest BCUT2D eigenvalue weighted by Gasteiger charge is -2.46. The van der Waals surface area contributed by atoms with Crippen molar-refractivity contribution in [2.75, 3.05) is 0 Å². The van der Waals surface area contributed by atoms with Gasteiger partial charge in [0, 0.05) is 16.4 Å². The van der Waals surface area contributed by atoms with Crippen LogP contribution in [-0.4, -0.2) is 6.15 Å². The van der Waals surface area contributed by atoms with Gasteiger partial charge in [0.05, 0.1) is 49.9 Å². The first-order valence-corrected chi connectivity index (χ1v) is 21.4. The molecule has 1 aromatic heterocycles. The van der Waals surface area contributed by atoms with E-state index in [2.05, 4.69) is 48.6 Å². The Labute approximate surface area is 416 Å². The second-order valence-electron chi connectivity index (χ2n) is 17.2. The average Bonchev–Trinajstić information content (AvgIpc) is 3.72. The van der Waals surface area contributed by atoms with Gasteiger partial charge < -0.3 is 0 Å². The molecule has 1 atom stereocenters. The molecule has 0 saturated heterocycles. The van der Waals surface area contributed by atoms with Crippen LogP contribution in [0, 0.1) is 0 Å². The van der Waals surface area contributed by atoms with Gasteiger partial charge in [-0.15, -0.1) is 0 Å². The normalized spacial score (nSPS) is 14.8. The molecule has 0 aliphatic heterocycles. The van der Waals surface area contributed by atoms with Crippen LogP contribution in [0.15, 0.2) is 146 Å². The number of rotatable bonds is 6. The summed E-state index contributed by atoms with van der Waals surface area (Å²) in [6, 6.07) is 9.86. The maximum absolute atomic E-state index is 14.2. The molecule has 1 unspecified atom stereocenters. The fourth-order valence-electron chi connectivity index (χ4n) is 8.69. The van der Waals surface area contributed by atoms with Crippen molar-refractivity contribution >= 4 is 44.8 Å². The number of fused-ring (bicyclic) bond motifs is 2. The minimum absolute atomic E-state index is 0.0163. The van der Waals surface area contributed by atoms with Gasteiger partial charge in [0.2, 0.25) is 18.5 Å². The first-order chi connectivity index (χ1) is 35.2. The predicted molar refractivity (Wildman–Crippen MR) is 229 cm³/mol. The van der Waals surface area contributed by atoms with Gasteiger partial charge in [-0.3, -0.25) is 4.84 Å². The van der Waals surface area contributed by atoms with E-state index >= 15 is 0 Å². The van der Waals surface area contributed by atoms with Crippen LogP contribution in [0.1, 0.15) is 61.7 Å². The highest BCUT2D eigenvalue weighted by molar-refractivity contribution is 7.20. The molecule has 6 aromatic carbocycles. The molecule has 27 heteroatoms. The van der Waals surface area contributed by atoms with E-state index in [0.29, 0.717) is 0 Å². The molecule has 0 amide bonds. The largest absolute Gasteiger partial charge is 0.416 e. The fourth-order valence-corrected chi connectivity index (χ4v) is 8.69. The van der Waals surface area contributed by atoms with Crippen molar-refractivity contribution in [2.45, 2.75) is 55.5 Å². The molecule has 77 heavy (non-hydrogen) atoms. The molecule has 2 nitrogen and oxygen atoms in total. The summed E-state index contributed by atoms with van der Waals surface area (Å²) in [6.07, 6.45) is -46.6. The summed E-state index contributed by atoms with van der Waals surface area (Å²) in [7, 11) is 0. The first kappa shape index (κ1) is 57.4. The lowest BCUT2D eigenvalue weighted by molar-refractivity contribution is -0.897. The van der Waals surface area contributed by atoms with Crippen LogP contribution in [0.2, 0.25) is 0 Å². The van der Waals surface area contributed by atoms with Crippen molar-refractivity contribution in [2.24, 2.45) is 0 Å². The first-order valence-electron chi connectivity index (χ1n) is 21.4. The van der Waals surface area contributed by atoms with Crippen molar-refractivity contribution in [1.29, 1.82) is 0 Å². The molecule has 1 aliphatic rings. The van der Waals surface area contributed by atoms with E-state index in [1.807, 2.05) is 30.6 Å². The van der Waals surface area contributed by atoms with Crippen molar-refractivity contribution in [3.63, 3.8) is 0 Å². The van der Waals surface area contributed by atoms with E-state index in [-0.39, 0.29) is 6.10 Å².